The number of anilines is 1. The number of alkyl halides is 6. The Labute approximate surface area is 171 Å². The van der Waals surface area contributed by atoms with Gasteiger partial charge in [-0.1, -0.05) is 17.7 Å². The Morgan fingerprint density at radius 1 is 0.933 bits per heavy atom. The highest BCUT2D eigenvalue weighted by Crippen LogP contribution is 2.33. The minimum atomic E-state index is -4.70. The summed E-state index contributed by atoms with van der Waals surface area (Å²) < 4.78 is 105. The summed E-state index contributed by atoms with van der Waals surface area (Å²) in [4.78, 5) is 3.58. The molecule has 2 heterocycles. The van der Waals surface area contributed by atoms with Gasteiger partial charge in [-0.2, -0.15) is 34.8 Å². The highest BCUT2D eigenvalue weighted by Gasteiger charge is 2.33. The van der Waals surface area contributed by atoms with E-state index >= 15 is 0 Å². The molecular formula is C17H10ClF6N3O2S. The maximum Gasteiger partial charge on any atom is 0.417 e. The predicted octanol–water partition coefficient (Wildman–Crippen LogP) is 5.36. The number of pyridine rings is 1. The van der Waals surface area contributed by atoms with Gasteiger partial charge in [0.05, 0.1) is 16.1 Å². The monoisotopic (exact) mass is 469 g/mol. The smallest absolute Gasteiger partial charge is 0.289 e. The molecule has 0 aliphatic rings. The molecule has 0 radical (unpaired) electrons. The number of aromatic nitrogens is 2. The number of benzene rings is 1. The Kier molecular flexibility index (Phi) is 5.50. The average molecular weight is 470 g/mol. The minimum Gasteiger partial charge on any atom is -0.289 e. The summed E-state index contributed by atoms with van der Waals surface area (Å²) in [5, 5.41) is -0.967. The lowest BCUT2D eigenvalue weighted by Gasteiger charge is -2.14. The van der Waals surface area contributed by atoms with E-state index in [0.717, 1.165) is 28.8 Å². The second kappa shape index (κ2) is 7.51. The molecule has 0 amide bonds. The van der Waals surface area contributed by atoms with Gasteiger partial charge in [0, 0.05) is 18.1 Å². The van der Waals surface area contributed by atoms with Gasteiger partial charge in [0.2, 0.25) is 0 Å². The zero-order valence-electron chi connectivity index (χ0n) is 14.5. The highest BCUT2D eigenvalue weighted by atomic mass is 35.5. The fourth-order valence-corrected chi connectivity index (χ4v) is 3.95. The molecule has 160 valence electrons. The molecule has 5 nitrogen and oxygen atoms in total. The van der Waals surface area contributed by atoms with Crippen molar-refractivity contribution in [1.29, 1.82) is 0 Å². The second-order valence-corrected chi connectivity index (χ2v) is 7.96. The zero-order chi connectivity index (χ0) is 22.3. The second-order valence-electron chi connectivity index (χ2n) is 5.93. The van der Waals surface area contributed by atoms with E-state index in [4.69, 9.17) is 11.6 Å². The third-order valence-corrected chi connectivity index (χ3v) is 5.47. The molecule has 3 rings (SSSR count). The van der Waals surface area contributed by atoms with Gasteiger partial charge in [-0.15, -0.1) is 0 Å². The Bertz CT molecular complexity index is 1190. The first-order valence-corrected chi connectivity index (χ1v) is 9.76. The van der Waals surface area contributed by atoms with E-state index < -0.39 is 43.6 Å². The molecule has 0 aliphatic heterocycles. The molecule has 0 saturated carbocycles. The number of sulfonamides is 1. The highest BCUT2D eigenvalue weighted by molar-refractivity contribution is 7.92. The van der Waals surface area contributed by atoms with Crippen molar-refractivity contribution in [1.82, 2.24) is 9.55 Å². The molecule has 0 bridgehead atoms. The summed E-state index contributed by atoms with van der Waals surface area (Å²) >= 11 is 5.86. The van der Waals surface area contributed by atoms with Crippen LogP contribution in [-0.2, 0) is 22.4 Å². The normalized spacial score (nSPS) is 12.8. The summed E-state index contributed by atoms with van der Waals surface area (Å²) in [5.41, 5.74) is -2.55. The SMILES string of the molecule is O=S(=O)(Nc1cccc(C(F)(F)F)c1)c1cccn1-c1ncc(C(F)(F)F)cc1Cl. The van der Waals surface area contributed by atoms with Gasteiger partial charge in [-0.25, -0.2) is 4.98 Å². The van der Waals surface area contributed by atoms with Crippen LogP contribution in [0.25, 0.3) is 5.82 Å². The number of nitrogens with one attached hydrogen (secondary N) is 1. The first-order chi connectivity index (χ1) is 13.8. The van der Waals surface area contributed by atoms with Crippen LogP contribution in [0.4, 0.5) is 32.0 Å². The number of rotatable bonds is 4. The largest absolute Gasteiger partial charge is 0.417 e. The first-order valence-electron chi connectivity index (χ1n) is 7.89. The van der Waals surface area contributed by atoms with E-state index in [0.29, 0.717) is 18.3 Å². The molecule has 2 aromatic heterocycles. The van der Waals surface area contributed by atoms with Gasteiger partial charge in [0.1, 0.15) is 0 Å². The van der Waals surface area contributed by atoms with Gasteiger partial charge in [-0.05, 0) is 36.4 Å². The van der Waals surface area contributed by atoms with Crippen LogP contribution in [0.1, 0.15) is 11.1 Å². The molecule has 0 unspecified atom stereocenters. The Balaban J connectivity index is 1.99. The van der Waals surface area contributed by atoms with Gasteiger partial charge >= 0.3 is 12.4 Å². The minimum absolute atomic E-state index is 0.306. The summed E-state index contributed by atoms with van der Waals surface area (Å²) in [6.45, 7) is 0. The Hall–Kier alpha value is -2.73. The number of halogens is 7. The van der Waals surface area contributed by atoms with Gasteiger partial charge in [0.25, 0.3) is 10.0 Å². The van der Waals surface area contributed by atoms with Crippen molar-refractivity contribution in [2.45, 2.75) is 17.4 Å². The molecule has 0 aliphatic carbocycles. The molecule has 30 heavy (non-hydrogen) atoms. The van der Waals surface area contributed by atoms with Gasteiger partial charge < -0.3 is 0 Å². The number of hydrogen-bond acceptors (Lipinski definition) is 3. The van der Waals surface area contributed by atoms with Gasteiger partial charge in [-0.3, -0.25) is 9.29 Å². The van der Waals surface area contributed by atoms with E-state index in [1.54, 1.807) is 0 Å². The molecule has 0 spiro atoms. The van der Waals surface area contributed by atoms with Crippen molar-refractivity contribution in [3.63, 3.8) is 0 Å². The number of hydrogen-bond donors (Lipinski definition) is 1. The van der Waals surface area contributed by atoms with Crippen LogP contribution in [0.2, 0.25) is 5.02 Å². The lowest BCUT2D eigenvalue weighted by molar-refractivity contribution is -0.138. The van der Waals surface area contributed by atoms with E-state index in [1.165, 1.54) is 12.3 Å². The summed E-state index contributed by atoms with van der Waals surface area (Å²) in [7, 11) is -4.44. The van der Waals surface area contributed by atoms with Crippen LogP contribution >= 0.6 is 11.6 Å². The zero-order valence-corrected chi connectivity index (χ0v) is 16.0. The van der Waals surface area contributed by atoms with Crippen molar-refractivity contribution in [2.24, 2.45) is 0 Å². The van der Waals surface area contributed by atoms with Crippen LogP contribution < -0.4 is 4.72 Å². The lowest BCUT2D eigenvalue weighted by atomic mass is 10.2. The molecule has 13 heteroatoms. The molecule has 3 aromatic rings. The average Bonchev–Trinajstić information content (AvgIpc) is 3.10. The van der Waals surface area contributed by atoms with E-state index in [-0.39, 0.29) is 11.5 Å². The first kappa shape index (κ1) is 22.0. The van der Waals surface area contributed by atoms with E-state index in [1.807, 2.05) is 4.72 Å². The maximum absolute atomic E-state index is 12.8. The lowest BCUT2D eigenvalue weighted by Crippen LogP contribution is -2.18. The van der Waals surface area contributed by atoms with Crippen LogP contribution in [0.15, 0.2) is 59.9 Å². The fourth-order valence-electron chi connectivity index (χ4n) is 2.49. The molecular weight excluding hydrogens is 460 g/mol. The summed E-state index contributed by atoms with van der Waals surface area (Å²) in [5.74, 6) is -0.306. The van der Waals surface area contributed by atoms with Crippen molar-refractivity contribution >= 4 is 27.3 Å². The predicted molar refractivity (Wildman–Crippen MR) is 95.8 cm³/mol. The maximum atomic E-state index is 12.8. The summed E-state index contributed by atoms with van der Waals surface area (Å²) in [6, 6.07) is 6.44. The van der Waals surface area contributed by atoms with Crippen LogP contribution in [0.5, 0.6) is 0 Å². The van der Waals surface area contributed by atoms with E-state index in [9.17, 15) is 34.8 Å². The molecule has 0 saturated heterocycles. The molecule has 1 aromatic carbocycles. The van der Waals surface area contributed by atoms with Gasteiger partial charge in [0.15, 0.2) is 10.8 Å². The molecule has 0 fully saturated rings. The molecule has 1 N–H and O–H groups in total. The van der Waals surface area contributed by atoms with Crippen molar-refractivity contribution in [2.75, 3.05) is 4.72 Å². The molecule has 0 atom stereocenters. The fraction of sp³-hybridized carbons (Fsp3) is 0.118. The van der Waals surface area contributed by atoms with E-state index in [2.05, 4.69) is 4.98 Å². The Morgan fingerprint density at radius 3 is 2.20 bits per heavy atom. The van der Waals surface area contributed by atoms with Crippen LogP contribution in [0.3, 0.4) is 0 Å². The third kappa shape index (κ3) is 4.54. The standard InChI is InChI=1S/C17H10ClF6N3O2S/c18-13-8-11(17(22,23)24)9-25-15(13)27-6-2-5-14(27)30(28,29)26-12-4-1-3-10(7-12)16(19,20)21/h1-9,26H. The Morgan fingerprint density at radius 2 is 1.60 bits per heavy atom. The van der Waals surface area contributed by atoms with Crippen molar-refractivity contribution in [3.05, 3.63) is 71.0 Å². The van der Waals surface area contributed by atoms with Crippen molar-refractivity contribution < 1.29 is 34.8 Å². The van der Waals surface area contributed by atoms with Crippen LogP contribution in [0, 0.1) is 0 Å². The van der Waals surface area contributed by atoms with Crippen LogP contribution in [-0.4, -0.2) is 18.0 Å². The topological polar surface area (TPSA) is 64.0 Å². The summed E-state index contributed by atoms with van der Waals surface area (Å²) in [6.07, 6.45) is -7.72. The quantitative estimate of drug-likeness (QED) is 0.523. The third-order valence-electron chi connectivity index (χ3n) is 3.81. The van der Waals surface area contributed by atoms with Crippen molar-refractivity contribution in [3.8, 4) is 5.82 Å². The number of nitrogens with zero attached hydrogens (tertiary/aromatic N) is 2.